The van der Waals surface area contributed by atoms with Gasteiger partial charge in [0.15, 0.2) is 5.03 Å². The molecule has 2 amide bonds. The summed E-state index contributed by atoms with van der Waals surface area (Å²) in [6, 6.07) is 0. The number of H-pyrrole nitrogens is 1. The summed E-state index contributed by atoms with van der Waals surface area (Å²) in [4.78, 5) is 28.2. The minimum atomic E-state index is -4.07. The van der Waals surface area contributed by atoms with Gasteiger partial charge in [0.2, 0.25) is 11.8 Å². The second-order valence-corrected chi connectivity index (χ2v) is 5.66. The number of hydrogen-bond donors (Lipinski definition) is 3. The quantitative estimate of drug-likeness (QED) is 0.526. The van der Waals surface area contributed by atoms with E-state index in [1.54, 1.807) is 6.92 Å². The summed E-state index contributed by atoms with van der Waals surface area (Å²) >= 11 is 0. The monoisotopic (exact) mass is 289 g/mol. The lowest BCUT2D eigenvalue weighted by molar-refractivity contribution is -0.120. The number of imidazole rings is 1. The maximum atomic E-state index is 12.2. The van der Waals surface area contributed by atoms with Crippen molar-refractivity contribution in [3.63, 3.8) is 0 Å². The van der Waals surface area contributed by atoms with Crippen LogP contribution < -0.4 is 11.5 Å². The number of aryl methyl sites for hydroxylation is 1. The van der Waals surface area contributed by atoms with Crippen LogP contribution in [0, 0.1) is 0 Å². The number of hydrogen-bond acceptors (Lipinski definition) is 5. The molecule has 0 aliphatic rings. The molecule has 0 aliphatic carbocycles. The predicted octanol–water partition coefficient (Wildman–Crippen LogP) is -2.07. The average molecular weight is 289 g/mol. The van der Waals surface area contributed by atoms with Gasteiger partial charge in [-0.25, -0.2) is 13.4 Å². The van der Waals surface area contributed by atoms with Gasteiger partial charge in [-0.1, -0.05) is 6.92 Å². The Bertz CT molecular complexity index is 563. The van der Waals surface area contributed by atoms with Crippen molar-refractivity contribution in [2.45, 2.75) is 18.4 Å². The first kappa shape index (κ1) is 15.1. The highest BCUT2D eigenvalue weighted by Crippen LogP contribution is 2.13. The summed E-state index contributed by atoms with van der Waals surface area (Å²) in [5.74, 6) is -1.31. The van der Waals surface area contributed by atoms with Gasteiger partial charge >= 0.3 is 0 Å². The lowest BCUT2D eigenvalue weighted by atomic mass is 10.5. The van der Waals surface area contributed by atoms with E-state index >= 15 is 0 Å². The summed E-state index contributed by atoms with van der Waals surface area (Å²) in [5.41, 5.74) is 9.90. The smallest absolute Gasteiger partial charge is 0.261 e. The van der Waals surface area contributed by atoms with Gasteiger partial charge in [-0.3, -0.25) is 9.59 Å². The fraction of sp³-hybridized carbons (Fsp3) is 0.444. The number of rotatable bonds is 7. The molecule has 1 heterocycles. The van der Waals surface area contributed by atoms with E-state index in [1.165, 1.54) is 0 Å². The van der Waals surface area contributed by atoms with Gasteiger partial charge in [0, 0.05) is 6.42 Å². The van der Waals surface area contributed by atoms with Crippen LogP contribution in [-0.2, 0) is 26.0 Å². The molecule has 10 heteroatoms. The standard InChI is InChI=1S/C9H15N5O4S/c1-2-8-12-3-9(13-8)19(17,18)14(4-6(10)15)5-7(11)16/h3H,2,4-5H2,1H3,(H2,10,15)(H2,11,16)(H,12,13). The third kappa shape index (κ3) is 3.76. The van der Waals surface area contributed by atoms with E-state index in [0.717, 1.165) is 6.20 Å². The van der Waals surface area contributed by atoms with Crippen molar-refractivity contribution in [1.29, 1.82) is 0 Å². The highest BCUT2D eigenvalue weighted by atomic mass is 32.2. The van der Waals surface area contributed by atoms with Crippen molar-refractivity contribution in [1.82, 2.24) is 14.3 Å². The largest absolute Gasteiger partial charge is 0.369 e. The van der Waals surface area contributed by atoms with E-state index in [0.29, 0.717) is 16.6 Å². The lowest BCUT2D eigenvalue weighted by Crippen LogP contribution is -2.43. The molecule has 0 saturated carbocycles. The number of amides is 2. The molecule has 0 aromatic carbocycles. The molecule has 0 spiro atoms. The van der Waals surface area contributed by atoms with Crippen molar-refractivity contribution in [3.8, 4) is 0 Å². The molecule has 1 rings (SSSR count). The number of sulfonamides is 1. The minimum absolute atomic E-state index is 0.216. The topological polar surface area (TPSA) is 152 Å². The minimum Gasteiger partial charge on any atom is -0.369 e. The van der Waals surface area contributed by atoms with Crippen molar-refractivity contribution in [2.24, 2.45) is 11.5 Å². The number of aromatic nitrogens is 2. The van der Waals surface area contributed by atoms with Crippen molar-refractivity contribution in [2.75, 3.05) is 13.1 Å². The number of carbonyl (C=O) groups is 2. The lowest BCUT2D eigenvalue weighted by Gasteiger charge is -2.17. The van der Waals surface area contributed by atoms with Crippen molar-refractivity contribution >= 4 is 21.8 Å². The van der Waals surface area contributed by atoms with E-state index in [9.17, 15) is 18.0 Å². The normalized spacial score (nSPS) is 11.7. The Kier molecular flexibility index (Phi) is 4.62. The molecule has 0 fully saturated rings. The van der Waals surface area contributed by atoms with Crippen LogP contribution in [0.2, 0.25) is 0 Å². The number of nitrogens with two attached hydrogens (primary N) is 2. The van der Waals surface area contributed by atoms with E-state index in [1.807, 2.05) is 0 Å². The molecule has 1 aromatic heterocycles. The highest BCUT2D eigenvalue weighted by Gasteiger charge is 2.29. The molecule has 0 radical (unpaired) electrons. The van der Waals surface area contributed by atoms with E-state index < -0.39 is 34.9 Å². The molecular formula is C9H15N5O4S. The Morgan fingerprint density at radius 3 is 2.21 bits per heavy atom. The van der Waals surface area contributed by atoms with Gasteiger partial charge in [-0.05, 0) is 0 Å². The second-order valence-electron chi connectivity index (χ2n) is 3.75. The molecule has 0 saturated heterocycles. The van der Waals surface area contributed by atoms with Crippen LogP contribution in [0.4, 0.5) is 0 Å². The van der Waals surface area contributed by atoms with Gasteiger partial charge in [0.25, 0.3) is 10.0 Å². The first-order valence-electron chi connectivity index (χ1n) is 5.38. The summed E-state index contributed by atoms with van der Waals surface area (Å²) in [6.45, 7) is 0.525. The van der Waals surface area contributed by atoms with Crippen LogP contribution in [0.15, 0.2) is 11.2 Å². The molecule has 1 aromatic rings. The van der Waals surface area contributed by atoms with Crippen LogP contribution in [-0.4, -0.2) is 47.6 Å². The highest BCUT2D eigenvalue weighted by molar-refractivity contribution is 7.89. The number of nitrogens with zero attached hydrogens (tertiary/aromatic N) is 2. The molecule has 0 aliphatic heterocycles. The van der Waals surface area contributed by atoms with Gasteiger partial charge < -0.3 is 16.5 Å². The first-order chi connectivity index (χ1) is 8.77. The molecule has 19 heavy (non-hydrogen) atoms. The maximum Gasteiger partial charge on any atom is 0.261 e. The van der Waals surface area contributed by atoms with Crippen LogP contribution >= 0.6 is 0 Å². The summed E-state index contributed by atoms with van der Waals surface area (Å²) in [7, 11) is -4.07. The van der Waals surface area contributed by atoms with Crippen LogP contribution in [0.3, 0.4) is 0 Å². The fourth-order valence-electron chi connectivity index (χ4n) is 1.37. The molecule has 0 atom stereocenters. The van der Waals surface area contributed by atoms with Crippen molar-refractivity contribution < 1.29 is 18.0 Å². The van der Waals surface area contributed by atoms with Gasteiger partial charge in [-0.2, -0.15) is 4.31 Å². The molecule has 106 valence electrons. The van der Waals surface area contributed by atoms with Crippen LogP contribution in [0.25, 0.3) is 0 Å². The number of primary amides is 2. The Morgan fingerprint density at radius 1 is 1.32 bits per heavy atom. The first-order valence-corrected chi connectivity index (χ1v) is 6.82. The van der Waals surface area contributed by atoms with E-state index in [-0.39, 0.29) is 5.03 Å². The van der Waals surface area contributed by atoms with Gasteiger partial charge in [-0.15, -0.1) is 0 Å². The maximum absolute atomic E-state index is 12.2. The Labute approximate surface area is 110 Å². The third-order valence-corrected chi connectivity index (χ3v) is 3.92. The summed E-state index contributed by atoms with van der Waals surface area (Å²) < 4.78 is 24.9. The zero-order valence-corrected chi connectivity index (χ0v) is 11.1. The predicted molar refractivity (Wildman–Crippen MR) is 65.1 cm³/mol. The zero-order valence-electron chi connectivity index (χ0n) is 10.3. The molecule has 0 bridgehead atoms. The van der Waals surface area contributed by atoms with Crippen molar-refractivity contribution in [3.05, 3.63) is 12.0 Å². The van der Waals surface area contributed by atoms with Gasteiger partial charge in [0.05, 0.1) is 19.3 Å². The van der Waals surface area contributed by atoms with Crippen LogP contribution in [0.1, 0.15) is 12.7 Å². The summed E-state index contributed by atoms with van der Waals surface area (Å²) in [5, 5.41) is -0.216. The number of aromatic amines is 1. The molecular weight excluding hydrogens is 274 g/mol. The number of carbonyl (C=O) groups excluding carboxylic acids is 2. The molecule has 0 unspecified atom stereocenters. The summed E-state index contributed by atoms with van der Waals surface area (Å²) in [6.07, 6.45) is 1.63. The van der Waals surface area contributed by atoms with E-state index in [2.05, 4.69) is 9.97 Å². The number of nitrogens with one attached hydrogen (secondary N) is 1. The van der Waals surface area contributed by atoms with Crippen LogP contribution in [0.5, 0.6) is 0 Å². The Hall–Kier alpha value is -1.94. The second kappa shape index (κ2) is 5.80. The SMILES string of the molecule is CCc1ncc(S(=O)(=O)N(CC(N)=O)CC(N)=O)[nH]1. The average Bonchev–Trinajstić information content (AvgIpc) is 2.75. The Morgan fingerprint density at radius 2 is 1.84 bits per heavy atom. The third-order valence-electron chi connectivity index (χ3n) is 2.22. The van der Waals surface area contributed by atoms with Gasteiger partial charge in [0.1, 0.15) is 5.82 Å². The van der Waals surface area contributed by atoms with E-state index in [4.69, 9.17) is 11.5 Å². The molecule has 5 N–H and O–H groups in total. The Balaban J connectivity index is 3.10. The zero-order chi connectivity index (χ0) is 14.6. The molecule has 9 nitrogen and oxygen atoms in total. The fourth-order valence-corrected chi connectivity index (χ4v) is 2.67.